The molecule has 0 aliphatic carbocycles. The zero-order valence-corrected chi connectivity index (χ0v) is 10.0. The van der Waals surface area contributed by atoms with Gasteiger partial charge in [0.25, 0.3) is 5.91 Å². The molecular weight excluding hydrogens is 246 g/mol. The van der Waals surface area contributed by atoms with Gasteiger partial charge in [0.2, 0.25) is 0 Å². The first kappa shape index (κ1) is 13.3. The van der Waals surface area contributed by atoms with Gasteiger partial charge in [-0.1, -0.05) is 18.2 Å². The number of carbonyl (C=O) groups is 2. The lowest BCUT2D eigenvalue weighted by molar-refractivity contribution is -0.136. The summed E-state index contributed by atoms with van der Waals surface area (Å²) >= 11 is 5.52. The average Bonchev–Trinajstić information content (AvgIpc) is 2.55. The van der Waals surface area contributed by atoms with Gasteiger partial charge in [-0.3, -0.25) is 9.59 Å². The zero-order chi connectivity index (χ0) is 13.0. The minimum Gasteiger partial charge on any atom is -0.481 e. The second kappa shape index (κ2) is 5.54. The van der Waals surface area contributed by atoms with E-state index in [1.807, 2.05) is 0 Å². The van der Waals surface area contributed by atoms with Crippen LogP contribution in [0.15, 0.2) is 22.3 Å². The zero-order valence-electron chi connectivity index (χ0n) is 9.25. The molecule has 1 heterocycles. The van der Waals surface area contributed by atoms with Crippen LogP contribution in [-0.2, 0) is 11.2 Å². The van der Waals surface area contributed by atoms with Crippen LogP contribution in [0.25, 0.3) is 0 Å². The van der Waals surface area contributed by atoms with Crippen molar-refractivity contribution in [3.8, 4) is 0 Å². The van der Waals surface area contributed by atoms with Crippen molar-refractivity contribution in [1.29, 1.82) is 0 Å². The van der Waals surface area contributed by atoms with Gasteiger partial charge in [-0.25, -0.2) is 0 Å². The molecule has 1 aromatic heterocycles. The molecule has 0 atom stereocenters. The molecule has 0 spiro atoms. The van der Waals surface area contributed by atoms with E-state index in [2.05, 4.69) is 11.9 Å². The number of nitrogens with one attached hydrogen (secondary N) is 1. The molecule has 0 saturated heterocycles. The van der Waals surface area contributed by atoms with Crippen LogP contribution in [0.5, 0.6) is 0 Å². The number of aryl methyl sites for hydroxylation is 1. The van der Waals surface area contributed by atoms with E-state index in [9.17, 15) is 9.59 Å². The Bertz CT molecular complexity index is 464. The molecule has 0 bridgehead atoms. The lowest BCUT2D eigenvalue weighted by Gasteiger charge is -2.04. The van der Waals surface area contributed by atoms with Gasteiger partial charge in [0.1, 0.15) is 12.2 Å². The van der Waals surface area contributed by atoms with Crippen molar-refractivity contribution in [3.63, 3.8) is 0 Å². The van der Waals surface area contributed by atoms with E-state index in [4.69, 9.17) is 21.1 Å². The van der Waals surface area contributed by atoms with Crippen molar-refractivity contribution in [1.82, 2.24) is 5.32 Å². The summed E-state index contributed by atoms with van der Waals surface area (Å²) in [5.74, 6) is -1.35. The summed E-state index contributed by atoms with van der Waals surface area (Å²) in [7, 11) is 0. The summed E-state index contributed by atoms with van der Waals surface area (Å²) < 4.78 is 5.04. The Morgan fingerprint density at radius 3 is 2.76 bits per heavy atom. The fourth-order valence-corrected chi connectivity index (χ4v) is 1.40. The van der Waals surface area contributed by atoms with Gasteiger partial charge in [0.15, 0.2) is 0 Å². The number of rotatable bonds is 5. The van der Waals surface area contributed by atoms with Crippen LogP contribution >= 0.6 is 11.6 Å². The molecule has 0 radical (unpaired) electrons. The third kappa shape index (κ3) is 3.64. The fraction of sp³-hybridized carbons (Fsp3) is 0.273. The molecule has 1 rings (SSSR count). The fourth-order valence-electron chi connectivity index (χ4n) is 1.33. The Labute approximate surface area is 103 Å². The summed E-state index contributed by atoms with van der Waals surface area (Å²) in [6.45, 7) is 5.22. The van der Waals surface area contributed by atoms with Crippen LogP contribution in [-0.4, -0.2) is 23.5 Å². The molecular formula is C11H12ClNO4. The Morgan fingerprint density at radius 2 is 2.24 bits per heavy atom. The van der Waals surface area contributed by atoms with Crippen molar-refractivity contribution in [2.75, 3.05) is 6.54 Å². The van der Waals surface area contributed by atoms with E-state index in [0.717, 1.165) is 0 Å². The molecule has 1 amide bonds. The van der Waals surface area contributed by atoms with E-state index in [0.29, 0.717) is 10.6 Å². The van der Waals surface area contributed by atoms with Crippen molar-refractivity contribution in [3.05, 3.63) is 34.8 Å². The van der Waals surface area contributed by atoms with Gasteiger partial charge in [-0.2, -0.15) is 0 Å². The minimum atomic E-state index is -1.06. The van der Waals surface area contributed by atoms with Gasteiger partial charge in [-0.05, 0) is 6.92 Å². The smallest absolute Gasteiger partial charge is 0.311 e. The highest BCUT2D eigenvalue weighted by molar-refractivity contribution is 6.29. The second-order valence-corrected chi connectivity index (χ2v) is 4.02. The Hall–Kier alpha value is -1.75. The molecule has 0 saturated carbocycles. The van der Waals surface area contributed by atoms with Crippen molar-refractivity contribution >= 4 is 23.5 Å². The number of amides is 1. The van der Waals surface area contributed by atoms with Crippen LogP contribution in [0, 0.1) is 6.92 Å². The maximum atomic E-state index is 11.8. The summed E-state index contributed by atoms with van der Waals surface area (Å²) in [5, 5.41) is 11.5. The summed E-state index contributed by atoms with van der Waals surface area (Å²) in [4.78, 5) is 22.4. The number of carboxylic acids is 1. The maximum Gasteiger partial charge on any atom is 0.311 e. The van der Waals surface area contributed by atoms with E-state index >= 15 is 0 Å². The highest BCUT2D eigenvalue weighted by Crippen LogP contribution is 2.17. The van der Waals surface area contributed by atoms with E-state index in [-0.39, 0.29) is 24.3 Å². The molecule has 1 aromatic rings. The molecule has 2 N–H and O–H groups in total. The number of hydrogen-bond donors (Lipinski definition) is 2. The first-order valence-corrected chi connectivity index (χ1v) is 5.20. The monoisotopic (exact) mass is 257 g/mol. The number of aliphatic carboxylic acids is 1. The van der Waals surface area contributed by atoms with E-state index in [1.54, 1.807) is 6.92 Å². The van der Waals surface area contributed by atoms with Crippen molar-refractivity contribution in [2.24, 2.45) is 0 Å². The highest BCUT2D eigenvalue weighted by Gasteiger charge is 2.20. The number of carboxylic acid groups (broad SMARTS) is 1. The van der Waals surface area contributed by atoms with Gasteiger partial charge < -0.3 is 14.8 Å². The molecule has 6 heteroatoms. The van der Waals surface area contributed by atoms with Crippen LogP contribution in [0.2, 0.25) is 0 Å². The topological polar surface area (TPSA) is 79.5 Å². The van der Waals surface area contributed by atoms with Gasteiger partial charge >= 0.3 is 5.97 Å². The largest absolute Gasteiger partial charge is 0.481 e. The van der Waals surface area contributed by atoms with Crippen molar-refractivity contribution < 1.29 is 19.1 Å². The molecule has 0 aliphatic heterocycles. The minimum absolute atomic E-state index is 0.123. The Morgan fingerprint density at radius 1 is 1.59 bits per heavy atom. The highest BCUT2D eigenvalue weighted by atomic mass is 35.5. The summed E-state index contributed by atoms with van der Waals surface area (Å²) in [5.41, 5.74) is 0.823. The van der Waals surface area contributed by atoms with Crippen LogP contribution in [0.4, 0.5) is 0 Å². The summed E-state index contributed by atoms with van der Waals surface area (Å²) in [6, 6.07) is 0. The van der Waals surface area contributed by atoms with Gasteiger partial charge in [0, 0.05) is 10.6 Å². The third-order valence-electron chi connectivity index (χ3n) is 2.03. The quantitative estimate of drug-likeness (QED) is 0.841. The average molecular weight is 258 g/mol. The number of carbonyl (C=O) groups excluding carboxylic acids is 1. The molecule has 5 nitrogen and oxygen atoms in total. The lowest BCUT2D eigenvalue weighted by atomic mass is 10.1. The first-order chi connectivity index (χ1) is 7.91. The second-order valence-electron chi connectivity index (χ2n) is 3.49. The predicted octanol–water partition coefficient (Wildman–Crippen LogP) is 1.70. The lowest BCUT2D eigenvalue weighted by Crippen LogP contribution is -2.26. The van der Waals surface area contributed by atoms with E-state index < -0.39 is 11.9 Å². The Balaban J connectivity index is 2.87. The number of furan rings is 1. The molecule has 0 fully saturated rings. The number of hydrogen-bond acceptors (Lipinski definition) is 3. The van der Waals surface area contributed by atoms with Gasteiger partial charge in [0.05, 0.1) is 18.4 Å². The molecule has 0 unspecified atom stereocenters. The van der Waals surface area contributed by atoms with Crippen LogP contribution < -0.4 is 5.32 Å². The normalized spacial score (nSPS) is 10.0. The molecule has 92 valence electrons. The first-order valence-electron chi connectivity index (χ1n) is 4.82. The molecule has 0 aliphatic rings. The van der Waals surface area contributed by atoms with Crippen LogP contribution in [0.1, 0.15) is 21.7 Å². The standard InChI is InChI=1S/C11H12ClNO4/c1-6-5-17-8(3-9(14)15)10(6)11(16)13-4-7(2)12/h5H,2-4H2,1H3,(H,13,16)(H,14,15). The Kier molecular flexibility index (Phi) is 4.34. The van der Waals surface area contributed by atoms with Crippen molar-refractivity contribution in [2.45, 2.75) is 13.3 Å². The summed E-state index contributed by atoms with van der Waals surface area (Å²) in [6.07, 6.45) is 1.01. The third-order valence-corrected chi connectivity index (χ3v) is 2.16. The maximum absolute atomic E-state index is 11.8. The number of halogens is 1. The van der Waals surface area contributed by atoms with Gasteiger partial charge in [-0.15, -0.1) is 0 Å². The SMILES string of the molecule is C=C(Cl)CNC(=O)c1c(C)coc1CC(=O)O. The van der Waals surface area contributed by atoms with E-state index in [1.165, 1.54) is 6.26 Å². The molecule has 0 aromatic carbocycles. The predicted molar refractivity (Wildman–Crippen MR) is 62.1 cm³/mol. The van der Waals surface area contributed by atoms with Crippen LogP contribution in [0.3, 0.4) is 0 Å². The molecule has 17 heavy (non-hydrogen) atoms.